The number of thiophene rings is 1. The second-order valence-electron chi connectivity index (χ2n) is 4.21. The van der Waals surface area contributed by atoms with Crippen molar-refractivity contribution in [2.75, 3.05) is 5.73 Å². The maximum Gasteiger partial charge on any atom is 0.201 e. The molecule has 0 aliphatic rings. The number of nitrogens with two attached hydrogens (primary N) is 1. The molecule has 0 atom stereocenters. The zero-order valence-electron chi connectivity index (χ0n) is 9.94. The Bertz CT molecular complexity index is 735. The van der Waals surface area contributed by atoms with Crippen molar-refractivity contribution in [2.24, 2.45) is 0 Å². The minimum Gasteiger partial charge on any atom is -0.369 e. The van der Waals surface area contributed by atoms with Crippen molar-refractivity contribution in [1.29, 1.82) is 0 Å². The van der Waals surface area contributed by atoms with Gasteiger partial charge in [0.2, 0.25) is 5.95 Å². The highest BCUT2D eigenvalue weighted by molar-refractivity contribution is 9.10. The number of nitrogens with zero attached hydrogens (tertiary/aromatic N) is 2. The van der Waals surface area contributed by atoms with E-state index in [2.05, 4.69) is 27.0 Å². The van der Waals surface area contributed by atoms with E-state index in [-0.39, 0.29) is 0 Å². The third kappa shape index (κ3) is 2.63. The molecule has 0 aliphatic heterocycles. The Kier molecular flexibility index (Phi) is 3.52. The Balaban J connectivity index is 1.91. The van der Waals surface area contributed by atoms with E-state index in [0.717, 1.165) is 32.8 Å². The zero-order valence-corrected chi connectivity index (χ0v) is 13.1. The van der Waals surface area contributed by atoms with E-state index >= 15 is 0 Å². The highest BCUT2D eigenvalue weighted by atomic mass is 79.9. The highest BCUT2D eigenvalue weighted by Gasteiger charge is 2.09. The van der Waals surface area contributed by atoms with Gasteiger partial charge >= 0.3 is 0 Å². The molecule has 0 saturated carbocycles. The van der Waals surface area contributed by atoms with Crippen molar-refractivity contribution in [3.8, 4) is 0 Å². The monoisotopic (exact) mass is 355 g/mol. The lowest BCUT2D eigenvalue weighted by Gasteiger charge is -2.05. The Morgan fingerprint density at radius 3 is 2.89 bits per heavy atom. The summed E-state index contributed by atoms with van der Waals surface area (Å²) in [5, 5.41) is 0. The largest absolute Gasteiger partial charge is 0.369 e. The Labute approximate surface area is 128 Å². The molecule has 98 valence electrons. The molecule has 0 amide bonds. The minimum atomic E-state index is 0.552. The topological polar surface area (TPSA) is 43.8 Å². The summed E-state index contributed by atoms with van der Waals surface area (Å²) in [6.45, 7) is 0.801. The minimum absolute atomic E-state index is 0.552. The first-order valence-corrected chi connectivity index (χ1v) is 7.78. The van der Waals surface area contributed by atoms with Crippen molar-refractivity contribution < 1.29 is 0 Å². The second kappa shape index (κ2) is 5.15. The fourth-order valence-electron chi connectivity index (χ4n) is 2.06. The SMILES string of the molecule is Nc1nc2ccc(Br)cc2n1CCc1ccc(Cl)s1. The van der Waals surface area contributed by atoms with Crippen LogP contribution in [0.1, 0.15) is 4.88 Å². The van der Waals surface area contributed by atoms with Gasteiger partial charge in [-0.1, -0.05) is 27.5 Å². The predicted molar refractivity (Wildman–Crippen MR) is 84.9 cm³/mol. The molecular weight excluding hydrogens is 346 g/mol. The van der Waals surface area contributed by atoms with Crippen LogP contribution in [0.15, 0.2) is 34.8 Å². The van der Waals surface area contributed by atoms with E-state index < -0.39 is 0 Å². The molecule has 6 heteroatoms. The van der Waals surface area contributed by atoms with Gasteiger partial charge in [0.1, 0.15) is 0 Å². The van der Waals surface area contributed by atoms with Crippen molar-refractivity contribution in [1.82, 2.24) is 9.55 Å². The number of imidazole rings is 1. The van der Waals surface area contributed by atoms with E-state index in [1.54, 1.807) is 11.3 Å². The van der Waals surface area contributed by atoms with Crippen LogP contribution in [0.4, 0.5) is 5.95 Å². The average molecular weight is 357 g/mol. The van der Waals surface area contributed by atoms with Crippen LogP contribution in [-0.4, -0.2) is 9.55 Å². The van der Waals surface area contributed by atoms with Crippen LogP contribution in [-0.2, 0) is 13.0 Å². The first-order chi connectivity index (χ1) is 9.13. The van der Waals surface area contributed by atoms with Gasteiger partial charge in [0.15, 0.2) is 0 Å². The Morgan fingerprint density at radius 1 is 1.32 bits per heavy atom. The van der Waals surface area contributed by atoms with E-state index in [4.69, 9.17) is 17.3 Å². The highest BCUT2D eigenvalue weighted by Crippen LogP contribution is 2.25. The lowest BCUT2D eigenvalue weighted by Crippen LogP contribution is -2.05. The van der Waals surface area contributed by atoms with Crippen LogP contribution >= 0.6 is 38.9 Å². The molecule has 0 spiro atoms. The summed E-state index contributed by atoms with van der Waals surface area (Å²) in [4.78, 5) is 5.62. The van der Waals surface area contributed by atoms with Crippen molar-refractivity contribution in [2.45, 2.75) is 13.0 Å². The summed E-state index contributed by atoms with van der Waals surface area (Å²) in [7, 11) is 0. The van der Waals surface area contributed by atoms with Gasteiger partial charge in [-0.05, 0) is 36.8 Å². The lowest BCUT2D eigenvalue weighted by molar-refractivity contribution is 0.733. The number of nitrogen functional groups attached to an aromatic ring is 1. The van der Waals surface area contributed by atoms with Crippen molar-refractivity contribution in [3.63, 3.8) is 0 Å². The summed E-state index contributed by atoms with van der Waals surface area (Å²) >= 11 is 11.0. The summed E-state index contributed by atoms with van der Waals surface area (Å²) in [6, 6.07) is 9.96. The molecule has 0 bridgehead atoms. The maximum atomic E-state index is 5.99. The first-order valence-electron chi connectivity index (χ1n) is 5.79. The normalized spacial score (nSPS) is 11.3. The maximum absolute atomic E-state index is 5.99. The molecule has 3 nitrogen and oxygen atoms in total. The molecule has 2 N–H and O–H groups in total. The van der Waals surface area contributed by atoms with Crippen LogP contribution in [0.25, 0.3) is 11.0 Å². The van der Waals surface area contributed by atoms with Gasteiger partial charge in [-0.15, -0.1) is 11.3 Å². The summed E-state index contributed by atoms with van der Waals surface area (Å²) in [6.07, 6.45) is 0.902. The molecule has 2 heterocycles. The van der Waals surface area contributed by atoms with Crippen LogP contribution in [0.5, 0.6) is 0 Å². The third-order valence-electron chi connectivity index (χ3n) is 2.95. The number of hydrogen-bond donors (Lipinski definition) is 1. The van der Waals surface area contributed by atoms with Gasteiger partial charge in [0, 0.05) is 15.9 Å². The molecule has 0 fully saturated rings. The van der Waals surface area contributed by atoms with Gasteiger partial charge in [-0.25, -0.2) is 4.98 Å². The van der Waals surface area contributed by atoms with Gasteiger partial charge in [-0.3, -0.25) is 0 Å². The number of anilines is 1. The fraction of sp³-hybridized carbons (Fsp3) is 0.154. The molecule has 0 unspecified atom stereocenters. The second-order valence-corrected chi connectivity index (χ2v) is 6.93. The van der Waals surface area contributed by atoms with Gasteiger partial charge in [0.05, 0.1) is 15.4 Å². The quantitative estimate of drug-likeness (QED) is 0.758. The molecule has 3 rings (SSSR count). The van der Waals surface area contributed by atoms with E-state index in [1.807, 2.05) is 28.8 Å². The van der Waals surface area contributed by atoms with E-state index in [9.17, 15) is 0 Å². The van der Waals surface area contributed by atoms with Crippen molar-refractivity contribution in [3.05, 3.63) is 44.0 Å². The number of halogens is 2. The van der Waals surface area contributed by atoms with Gasteiger partial charge in [0.25, 0.3) is 0 Å². The predicted octanol–water partition coefficient (Wildman–Crippen LogP) is 4.34. The number of hydrogen-bond acceptors (Lipinski definition) is 3. The molecular formula is C13H11BrClN3S. The number of aryl methyl sites for hydroxylation is 2. The third-order valence-corrected chi connectivity index (χ3v) is 4.73. The van der Waals surface area contributed by atoms with Crippen molar-refractivity contribution >= 4 is 55.8 Å². The first kappa shape index (κ1) is 13.0. The smallest absolute Gasteiger partial charge is 0.201 e. The summed E-state index contributed by atoms with van der Waals surface area (Å²) in [5.41, 5.74) is 7.96. The molecule has 0 saturated heterocycles. The lowest BCUT2D eigenvalue weighted by atomic mass is 10.3. The van der Waals surface area contributed by atoms with Gasteiger partial charge in [-0.2, -0.15) is 0 Å². The fourth-order valence-corrected chi connectivity index (χ4v) is 3.48. The van der Waals surface area contributed by atoms with Crippen LogP contribution in [0, 0.1) is 0 Å². The van der Waals surface area contributed by atoms with E-state index in [0.29, 0.717) is 5.95 Å². The van der Waals surface area contributed by atoms with Crippen LogP contribution in [0.2, 0.25) is 4.34 Å². The number of aromatic nitrogens is 2. The molecule has 3 aromatic rings. The van der Waals surface area contributed by atoms with Crippen LogP contribution < -0.4 is 5.73 Å². The molecule has 0 radical (unpaired) electrons. The number of benzene rings is 1. The van der Waals surface area contributed by atoms with E-state index in [1.165, 1.54) is 4.88 Å². The standard InChI is InChI=1S/C13H11BrClN3S/c14-8-1-3-10-11(7-8)18(13(16)17-10)6-5-9-2-4-12(15)19-9/h1-4,7H,5-6H2,(H2,16,17). The summed E-state index contributed by atoms with van der Waals surface area (Å²) < 4.78 is 3.88. The molecule has 2 aromatic heterocycles. The van der Waals surface area contributed by atoms with Crippen LogP contribution in [0.3, 0.4) is 0 Å². The number of fused-ring (bicyclic) bond motifs is 1. The molecule has 1 aromatic carbocycles. The molecule has 0 aliphatic carbocycles. The molecule has 19 heavy (non-hydrogen) atoms. The summed E-state index contributed by atoms with van der Waals surface area (Å²) in [5.74, 6) is 0.552. The average Bonchev–Trinajstić information content (AvgIpc) is 2.90. The number of rotatable bonds is 3. The Hall–Kier alpha value is -1.04. The van der Waals surface area contributed by atoms with Gasteiger partial charge < -0.3 is 10.3 Å². The zero-order chi connectivity index (χ0) is 13.4. The Morgan fingerprint density at radius 2 is 2.16 bits per heavy atom.